The van der Waals surface area contributed by atoms with E-state index in [0.717, 1.165) is 12.1 Å². The van der Waals surface area contributed by atoms with Gasteiger partial charge in [-0.2, -0.15) is 0 Å². The molecule has 0 radical (unpaired) electrons. The van der Waals surface area contributed by atoms with Crippen molar-refractivity contribution in [1.29, 1.82) is 0 Å². The summed E-state index contributed by atoms with van der Waals surface area (Å²) in [4.78, 5) is 15.5. The van der Waals surface area contributed by atoms with Crippen LogP contribution >= 0.6 is 24.8 Å². The van der Waals surface area contributed by atoms with Crippen LogP contribution in [-0.4, -0.2) is 29.1 Å². The van der Waals surface area contributed by atoms with Crippen molar-refractivity contribution < 1.29 is 4.79 Å². The highest BCUT2D eigenvalue weighted by molar-refractivity contribution is 5.85. The summed E-state index contributed by atoms with van der Waals surface area (Å²) in [5.74, 6) is 0.0712. The fraction of sp³-hybridized carbons (Fsp3) is 0.333. The largest absolute Gasteiger partial charge is 0.352 e. The number of amides is 1. The van der Waals surface area contributed by atoms with E-state index < -0.39 is 0 Å². The van der Waals surface area contributed by atoms with E-state index in [1.54, 1.807) is 12.5 Å². The molecular weight excluding hydrogens is 323 g/mol. The molecule has 0 aliphatic heterocycles. The van der Waals surface area contributed by atoms with E-state index in [0.29, 0.717) is 19.5 Å². The molecule has 0 spiro atoms. The van der Waals surface area contributed by atoms with Gasteiger partial charge in [-0.3, -0.25) is 4.79 Å². The van der Waals surface area contributed by atoms with Crippen LogP contribution < -0.4 is 10.6 Å². The number of hydrogen-bond acceptors (Lipinski definition) is 3. The number of nitrogens with one attached hydrogen (secondary N) is 2. The third-order valence-electron chi connectivity index (χ3n) is 3.04. The molecule has 0 unspecified atom stereocenters. The van der Waals surface area contributed by atoms with Crippen LogP contribution in [0.25, 0.3) is 0 Å². The van der Waals surface area contributed by atoms with Crippen LogP contribution in [0.2, 0.25) is 0 Å². The Kier molecular flexibility index (Phi) is 10.3. The maximum atomic E-state index is 11.5. The van der Waals surface area contributed by atoms with Gasteiger partial charge in [0.05, 0.1) is 6.33 Å². The van der Waals surface area contributed by atoms with Crippen molar-refractivity contribution in [1.82, 2.24) is 20.2 Å². The van der Waals surface area contributed by atoms with E-state index >= 15 is 0 Å². The number of halogens is 2. The number of carbonyl (C=O) groups excluding carboxylic acids is 1. The van der Waals surface area contributed by atoms with Gasteiger partial charge in [0.25, 0.3) is 0 Å². The molecule has 1 heterocycles. The normalized spacial score (nSPS) is 9.50. The fourth-order valence-electron chi connectivity index (χ4n) is 1.88. The first-order chi connectivity index (χ1) is 9.78. The molecule has 0 atom stereocenters. The summed E-state index contributed by atoms with van der Waals surface area (Å²) in [5, 5.41) is 5.86. The zero-order valence-electron chi connectivity index (χ0n) is 12.5. The van der Waals surface area contributed by atoms with Crippen molar-refractivity contribution in [3.8, 4) is 0 Å². The topological polar surface area (TPSA) is 59.0 Å². The zero-order chi connectivity index (χ0) is 14.2. The first-order valence-electron chi connectivity index (χ1n) is 6.73. The summed E-state index contributed by atoms with van der Waals surface area (Å²) in [6.45, 7) is 2.10. The molecule has 1 aromatic heterocycles. The number of aromatic nitrogens is 2. The molecule has 1 amide bonds. The van der Waals surface area contributed by atoms with Crippen molar-refractivity contribution in [2.45, 2.75) is 19.5 Å². The predicted molar refractivity (Wildman–Crippen MR) is 92.7 cm³/mol. The Morgan fingerprint density at radius 3 is 2.45 bits per heavy atom. The van der Waals surface area contributed by atoms with Gasteiger partial charge >= 0.3 is 0 Å². The quantitative estimate of drug-likeness (QED) is 0.807. The minimum Gasteiger partial charge on any atom is -0.352 e. The SMILES string of the molecule is CNCCC(=O)NCc1ccc(Cn2ccnc2)cc1.Cl.Cl. The van der Waals surface area contributed by atoms with Gasteiger partial charge in [0, 0.05) is 38.4 Å². The third-order valence-corrected chi connectivity index (χ3v) is 3.04. The smallest absolute Gasteiger partial charge is 0.221 e. The highest BCUT2D eigenvalue weighted by atomic mass is 35.5. The molecular formula is C15H22Cl2N4O. The molecule has 2 N–H and O–H groups in total. The first kappa shape index (κ1) is 20.4. The molecule has 122 valence electrons. The van der Waals surface area contributed by atoms with Gasteiger partial charge < -0.3 is 15.2 Å². The second kappa shape index (κ2) is 11.1. The van der Waals surface area contributed by atoms with E-state index in [2.05, 4.69) is 27.8 Å². The maximum Gasteiger partial charge on any atom is 0.221 e. The van der Waals surface area contributed by atoms with Gasteiger partial charge in [-0.15, -0.1) is 24.8 Å². The van der Waals surface area contributed by atoms with Gasteiger partial charge in [0.2, 0.25) is 5.91 Å². The molecule has 22 heavy (non-hydrogen) atoms. The predicted octanol–water partition coefficient (Wildman–Crippen LogP) is 2.00. The van der Waals surface area contributed by atoms with Crippen LogP contribution in [0.4, 0.5) is 0 Å². The summed E-state index contributed by atoms with van der Waals surface area (Å²) in [6.07, 6.45) is 6.02. The van der Waals surface area contributed by atoms with Crippen LogP contribution in [0.3, 0.4) is 0 Å². The molecule has 0 saturated heterocycles. The summed E-state index contributed by atoms with van der Waals surface area (Å²) in [7, 11) is 1.84. The van der Waals surface area contributed by atoms with Crippen molar-refractivity contribution in [3.05, 3.63) is 54.1 Å². The number of benzene rings is 1. The molecule has 0 aliphatic carbocycles. The van der Waals surface area contributed by atoms with Crippen molar-refractivity contribution in [3.63, 3.8) is 0 Å². The Labute approximate surface area is 143 Å². The third kappa shape index (κ3) is 6.93. The molecule has 0 saturated carbocycles. The van der Waals surface area contributed by atoms with Crippen LogP contribution in [0, 0.1) is 0 Å². The lowest BCUT2D eigenvalue weighted by molar-refractivity contribution is -0.121. The van der Waals surface area contributed by atoms with Gasteiger partial charge in [0.1, 0.15) is 0 Å². The van der Waals surface area contributed by atoms with Gasteiger partial charge in [-0.1, -0.05) is 24.3 Å². The van der Waals surface area contributed by atoms with Gasteiger partial charge in [-0.25, -0.2) is 4.98 Å². The Hall–Kier alpha value is -1.56. The second-order valence-corrected chi connectivity index (χ2v) is 4.68. The first-order valence-corrected chi connectivity index (χ1v) is 6.73. The number of carbonyl (C=O) groups is 1. The number of hydrogen-bond donors (Lipinski definition) is 2. The second-order valence-electron chi connectivity index (χ2n) is 4.68. The van der Waals surface area contributed by atoms with Crippen LogP contribution in [0.15, 0.2) is 43.0 Å². The fourth-order valence-corrected chi connectivity index (χ4v) is 1.88. The average molecular weight is 345 g/mol. The van der Waals surface area contributed by atoms with Crippen LogP contribution in [0.1, 0.15) is 17.5 Å². The van der Waals surface area contributed by atoms with E-state index in [1.165, 1.54) is 5.56 Å². The Bertz CT molecular complexity index is 529. The zero-order valence-corrected chi connectivity index (χ0v) is 14.1. The Morgan fingerprint density at radius 1 is 1.18 bits per heavy atom. The monoisotopic (exact) mass is 344 g/mol. The minimum absolute atomic E-state index is 0. The summed E-state index contributed by atoms with van der Waals surface area (Å²) >= 11 is 0. The minimum atomic E-state index is 0. The number of rotatable bonds is 7. The lowest BCUT2D eigenvalue weighted by Gasteiger charge is -2.07. The molecule has 1 aromatic carbocycles. The van der Waals surface area contributed by atoms with Crippen molar-refractivity contribution in [2.24, 2.45) is 0 Å². The van der Waals surface area contributed by atoms with Gasteiger partial charge in [0.15, 0.2) is 0 Å². The Balaban J connectivity index is 0.00000220. The van der Waals surface area contributed by atoms with Crippen LogP contribution in [0.5, 0.6) is 0 Å². The summed E-state index contributed by atoms with van der Waals surface area (Å²) < 4.78 is 2.02. The molecule has 0 fully saturated rings. The van der Waals surface area contributed by atoms with Crippen LogP contribution in [-0.2, 0) is 17.9 Å². The highest BCUT2D eigenvalue weighted by Gasteiger charge is 2.01. The molecule has 0 bridgehead atoms. The molecule has 7 heteroatoms. The average Bonchev–Trinajstić information content (AvgIpc) is 2.97. The number of imidazole rings is 1. The Morgan fingerprint density at radius 2 is 1.86 bits per heavy atom. The molecule has 2 aromatic rings. The van der Waals surface area contributed by atoms with Crippen molar-refractivity contribution >= 4 is 30.7 Å². The molecule has 2 rings (SSSR count). The van der Waals surface area contributed by atoms with Gasteiger partial charge in [-0.05, 0) is 18.2 Å². The van der Waals surface area contributed by atoms with E-state index in [-0.39, 0.29) is 30.7 Å². The lowest BCUT2D eigenvalue weighted by atomic mass is 10.1. The molecule has 0 aliphatic rings. The van der Waals surface area contributed by atoms with Crippen molar-refractivity contribution in [2.75, 3.05) is 13.6 Å². The summed E-state index contributed by atoms with van der Waals surface area (Å²) in [6, 6.07) is 8.25. The van der Waals surface area contributed by atoms with E-state index in [4.69, 9.17) is 0 Å². The van der Waals surface area contributed by atoms with E-state index in [9.17, 15) is 4.79 Å². The summed E-state index contributed by atoms with van der Waals surface area (Å²) in [5.41, 5.74) is 2.32. The lowest BCUT2D eigenvalue weighted by Crippen LogP contribution is -2.26. The maximum absolute atomic E-state index is 11.5. The molecule has 5 nitrogen and oxygen atoms in total. The highest BCUT2D eigenvalue weighted by Crippen LogP contribution is 2.06. The van der Waals surface area contributed by atoms with E-state index in [1.807, 2.05) is 29.9 Å². The number of nitrogens with zero attached hydrogens (tertiary/aromatic N) is 2. The standard InChI is InChI=1S/C15H20N4O.2ClH/c1-16-7-6-15(20)18-10-13-2-4-14(5-3-13)11-19-9-8-17-12-19;;/h2-5,8-9,12,16H,6-7,10-11H2,1H3,(H,18,20);2*1H.